The van der Waals surface area contributed by atoms with Crippen LogP contribution in [-0.2, 0) is 11.3 Å². The first-order valence-electron chi connectivity index (χ1n) is 8.10. The predicted octanol–water partition coefficient (Wildman–Crippen LogP) is 4.98. The van der Waals surface area contributed by atoms with Crippen LogP contribution in [0.25, 0.3) is 0 Å². The summed E-state index contributed by atoms with van der Waals surface area (Å²) in [5.74, 6) is 0.889. The predicted molar refractivity (Wildman–Crippen MR) is 99.7 cm³/mol. The average Bonchev–Trinajstić information content (AvgIpc) is 3.20. The third-order valence-electron chi connectivity index (χ3n) is 3.33. The van der Waals surface area contributed by atoms with Crippen molar-refractivity contribution in [3.05, 3.63) is 27.3 Å². The number of carbonyl (C=O) groups is 1. The van der Waals surface area contributed by atoms with Gasteiger partial charge in [-0.3, -0.25) is 0 Å². The second-order valence-corrected chi connectivity index (χ2v) is 8.43. The number of benzene rings is 1. The lowest BCUT2D eigenvalue weighted by molar-refractivity contribution is 0.0216. The first-order valence-corrected chi connectivity index (χ1v) is 9.18. The lowest BCUT2D eigenvalue weighted by Gasteiger charge is -2.27. The summed E-state index contributed by atoms with van der Waals surface area (Å²) in [6, 6.07) is 6.41. The molecule has 1 amide bonds. The van der Waals surface area contributed by atoms with E-state index in [1.807, 2.05) is 51.7 Å². The number of amides is 1. The molecule has 2 rings (SSSR count). The number of ether oxygens (including phenoxy) is 2. The molecule has 0 saturated heterocycles. The van der Waals surface area contributed by atoms with Gasteiger partial charge in [-0.2, -0.15) is 0 Å². The number of carbonyl (C=O) groups excluding carboxylic acids is 1. The molecule has 0 radical (unpaired) electrons. The van der Waals surface area contributed by atoms with Crippen LogP contribution in [0.3, 0.4) is 0 Å². The smallest absolute Gasteiger partial charge is 0.410 e. The summed E-state index contributed by atoms with van der Waals surface area (Å²) < 4.78 is 12.4. The lowest BCUT2D eigenvalue weighted by Crippen LogP contribution is -2.37. The van der Waals surface area contributed by atoms with E-state index in [2.05, 4.69) is 28.7 Å². The fourth-order valence-electron chi connectivity index (χ4n) is 2.24. The van der Waals surface area contributed by atoms with E-state index in [0.29, 0.717) is 12.6 Å². The van der Waals surface area contributed by atoms with Crippen molar-refractivity contribution < 1.29 is 14.3 Å². The standard InChI is InChI=1S/C18H26INO3/c1-12(2)22-16-9-6-13(10-15(16)19)11-20(14-7-8-14)17(21)23-18(3,4)5/h6,9-10,12,14H,7-8,11H2,1-5H3. The normalized spacial score (nSPS) is 14.7. The fourth-order valence-corrected chi connectivity index (χ4v) is 2.95. The molecule has 0 N–H and O–H groups in total. The maximum atomic E-state index is 12.4. The minimum Gasteiger partial charge on any atom is -0.490 e. The zero-order chi connectivity index (χ0) is 17.2. The van der Waals surface area contributed by atoms with Crippen molar-refractivity contribution in [2.45, 2.75) is 71.8 Å². The molecule has 1 aromatic carbocycles. The largest absolute Gasteiger partial charge is 0.490 e. The molecule has 4 nitrogen and oxygen atoms in total. The molecule has 0 atom stereocenters. The van der Waals surface area contributed by atoms with Gasteiger partial charge < -0.3 is 14.4 Å². The molecule has 5 heteroatoms. The van der Waals surface area contributed by atoms with Gasteiger partial charge in [0, 0.05) is 12.6 Å². The van der Waals surface area contributed by atoms with Crippen molar-refractivity contribution in [2.24, 2.45) is 0 Å². The Morgan fingerprint density at radius 1 is 1.35 bits per heavy atom. The molecule has 1 saturated carbocycles. The molecule has 0 bridgehead atoms. The molecular weight excluding hydrogens is 405 g/mol. The molecule has 0 unspecified atom stereocenters. The minimum atomic E-state index is -0.465. The molecule has 128 valence electrons. The SMILES string of the molecule is CC(C)Oc1ccc(CN(C(=O)OC(C)(C)C)C2CC2)cc1I. The van der Waals surface area contributed by atoms with Gasteiger partial charge in [-0.25, -0.2) is 4.79 Å². The van der Waals surface area contributed by atoms with E-state index in [9.17, 15) is 4.79 Å². The Kier molecular flexibility index (Phi) is 5.81. The third-order valence-corrected chi connectivity index (χ3v) is 4.17. The first kappa shape index (κ1) is 18.4. The third kappa shape index (κ3) is 5.86. The molecule has 0 heterocycles. The highest BCUT2D eigenvalue weighted by Gasteiger charge is 2.35. The molecule has 1 aromatic rings. The van der Waals surface area contributed by atoms with Crippen molar-refractivity contribution >= 4 is 28.7 Å². The zero-order valence-electron chi connectivity index (χ0n) is 14.6. The van der Waals surface area contributed by atoms with E-state index in [1.54, 1.807) is 0 Å². The van der Waals surface area contributed by atoms with Crippen LogP contribution in [0, 0.1) is 3.57 Å². The molecule has 0 spiro atoms. The highest BCUT2D eigenvalue weighted by Crippen LogP contribution is 2.31. The molecule has 1 aliphatic carbocycles. The summed E-state index contributed by atoms with van der Waals surface area (Å²) >= 11 is 2.28. The van der Waals surface area contributed by atoms with Gasteiger partial charge in [-0.05, 0) is 87.7 Å². The van der Waals surface area contributed by atoms with Crippen LogP contribution >= 0.6 is 22.6 Å². The maximum absolute atomic E-state index is 12.4. The van der Waals surface area contributed by atoms with Crippen molar-refractivity contribution in [1.82, 2.24) is 4.90 Å². The summed E-state index contributed by atoms with van der Waals surface area (Å²) in [5, 5.41) is 0. The van der Waals surface area contributed by atoms with Gasteiger partial charge in [0.15, 0.2) is 0 Å². The van der Waals surface area contributed by atoms with Crippen LogP contribution in [-0.4, -0.2) is 28.7 Å². The summed E-state index contributed by atoms with van der Waals surface area (Å²) in [4.78, 5) is 14.3. The van der Waals surface area contributed by atoms with Gasteiger partial charge in [0.1, 0.15) is 11.4 Å². The zero-order valence-corrected chi connectivity index (χ0v) is 16.7. The Balaban J connectivity index is 2.08. The number of hydrogen-bond acceptors (Lipinski definition) is 3. The monoisotopic (exact) mass is 431 g/mol. The van der Waals surface area contributed by atoms with Gasteiger partial charge in [-0.1, -0.05) is 6.07 Å². The Bertz CT molecular complexity index is 562. The van der Waals surface area contributed by atoms with E-state index < -0.39 is 5.60 Å². The highest BCUT2D eigenvalue weighted by molar-refractivity contribution is 14.1. The number of nitrogens with zero attached hydrogens (tertiary/aromatic N) is 1. The van der Waals surface area contributed by atoms with Crippen LogP contribution in [0.1, 0.15) is 53.0 Å². The number of hydrogen-bond donors (Lipinski definition) is 0. The fraction of sp³-hybridized carbons (Fsp3) is 0.611. The molecule has 23 heavy (non-hydrogen) atoms. The summed E-state index contributed by atoms with van der Waals surface area (Å²) in [5.41, 5.74) is 0.636. The van der Waals surface area contributed by atoms with Gasteiger partial charge in [0.25, 0.3) is 0 Å². The summed E-state index contributed by atoms with van der Waals surface area (Å²) in [7, 11) is 0. The second kappa shape index (κ2) is 7.28. The molecular formula is C18H26INO3. The van der Waals surface area contributed by atoms with E-state index in [0.717, 1.165) is 27.7 Å². The maximum Gasteiger partial charge on any atom is 0.410 e. The van der Waals surface area contributed by atoms with Gasteiger partial charge in [0.05, 0.1) is 9.67 Å². The second-order valence-electron chi connectivity index (χ2n) is 7.27. The van der Waals surface area contributed by atoms with Crippen molar-refractivity contribution in [1.29, 1.82) is 0 Å². The Hall–Kier alpha value is -0.980. The highest BCUT2D eigenvalue weighted by atomic mass is 127. The van der Waals surface area contributed by atoms with Gasteiger partial charge in [-0.15, -0.1) is 0 Å². The number of rotatable bonds is 5. The van der Waals surface area contributed by atoms with Crippen molar-refractivity contribution in [3.8, 4) is 5.75 Å². The van der Waals surface area contributed by atoms with E-state index >= 15 is 0 Å². The van der Waals surface area contributed by atoms with Crippen molar-refractivity contribution in [2.75, 3.05) is 0 Å². The minimum absolute atomic E-state index is 0.152. The lowest BCUT2D eigenvalue weighted by atomic mass is 10.2. The van der Waals surface area contributed by atoms with Crippen LogP contribution in [0.5, 0.6) is 5.75 Å². The molecule has 1 aliphatic rings. The van der Waals surface area contributed by atoms with Crippen LogP contribution < -0.4 is 4.74 Å². The molecule has 0 aromatic heterocycles. The van der Waals surface area contributed by atoms with E-state index in [-0.39, 0.29) is 12.2 Å². The Morgan fingerprint density at radius 3 is 2.48 bits per heavy atom. The van der Waals surface area contributed by atoms with E-state index in [4.69, 9.17) is 9.47 Å². The molecule has 0 aliphatic heterocycles. The van der Waals surface area contributed by atoms with Crippen LogP contribution in [0.2, 0.25) is 0 Å². The topological polar surface area (TPSA) is 38.8 Å². The summed E-state index contributed by atoms with van der Waals surface area (Å²) in [6.07, 6.45) is 2.05. The van der Waals surface area contributed by atoms with Crippen LogP contribution in [0.4, 0.5) is 4.79 Å². The first-order chi connectivity index (χ1) is 10.7. The van der Waals surface area contributed by atoms with E-state index in [1.165, 1.54) is 0 Å². The Morgan fingerprint density at radius 2 is 2.00 bits per heavy atom. The quantitative estimate of drug-likeness (QED) is 0.618. The average molecular weight is 431 g/mol. The van der Waals surface area contributed by atoms with Gasteiger partial charge in [0.2, 0.25) is 0 Å². The molecule has 1 fully saturated rings. The van der Waals surface area contributed by atoms with Crippen LogP contribution in [0.15, 0.2) is 18.2 Å². The number of halogens is 1. The van der Waals surface area contributed by atoms with Gasteiger partial charge >= 0.3 is 6.09 Å². The Labute approximate surface area is 152 Å². The van der Waals surface area contributed by atoms with Crippen molar-refractivity contribution in [3.63, 3.8) is 0 Å². The summed E-state index contributed by atoms with van der Waals surface area (Å²) in [6.45, 7) is 10.3.